The summed E-state index contributed by atoms with van der Waals surface area (Å²) in [4.78, 5) is 17.3. The summed E-state index contributed by atoms with van der Waals surface area (Å²) in [7, 11) is -3.92. The van der Waals surface area contributed by atoms with Crippen molar-refractivity contribution in [3.8, 4) is 0 Å². The Bertz CT molecular complexity index is 1350. The fourth-order valence-electron chi connectivity index (χ4n) is 3.34. The molecule has 6 nitrogen and oxygen atoms in total. The normalized spacial score (nSPS) is 11.7. The van der Waals surface area contributed by atoms with Gasteiger partial charge in [0, 0.05) is 12.2 Å². The van der Waals surface area contributed by atoms with Crippen LogP contribution in [0.4, 0.5) is 5.69 Å². The molecule has 0 fully saturated rings. The fourth-order valence-corrected chi connectivity index (χ4v) is 5.69. The summed E-state index contributed by atoms with van der Waals surface area (Å²) in [6.07, 6.45) is 0. The largest absolute Gasteiger partial charge is 0.325 e. The zero-order valence-corrected chi connectivity index (χ0v) is 19.4. The average molecular weight is 466 g/mol. The van der Waals surface area contributed by atoms with Gasteiger partial charge in [0.05, 0.1) is 26.7 Å². The summed E-state index contributed by atoms with van der Waals surface area (Å²) >= 11 is 1.44. The standard InChI is InChI=1S/C24H23N3O3S2/c1-17-8-10-20(11-9-17)26-24(28)16-27(15-19-6-4-3-5-7-19)32(29,30)21-12-13-22-23(14-21)31-18(2)25-22/h3-14H,15-16H2,1-2H3,(H,26,28). The third kappa shape index (κ3) is 5.04. The molecule has 164 valence electrons. The van der Waals surface area contributed by atoms with E-state index in [2.05, 4.69) is 10.3 Å². The van der Waals surface area contributed by atoms with Gasteiger partial charge in [-0.3, -0.25) is 4.79 Å². The lowest BCUT2D eigenvalue weighted by Gasteiger charge is -2.22. The molecule has 1 N–H and O–H groups in total. The molecule has 0 unspecified atom stereocenters. The molecule has 8 heteroatoms. The van der Waals surface area contributed by atoms with Crippen LogP contribution in [0.5, 0.6) is 0 Å². The molecule has 1 amide bonds. The summed E-state index contributed by atoms with van der Waals surface area (Å²) in [5, 5.41) is 3.66. The number of rotatable bonds is 7. The highest BCUT2D eigenvalue weighted by atomic mass is 32.2. The molecule has 3 aromatic carbocycles. The number of carbonyl (C=O) groups is 1. The summed E-state index contributed by atoms with van der Waals surface area (Å²) in [6, 6.07) is 21.5. The van der Waals surface area contributed by atoms with Crippen LogP contribution in [0.15, 0.2) is 77.7 Å². The number of aromatic nitrogens is 1. The molecule has 0 bridgehead atoms. The zero-order valence-electron chi connectivity index (χ0n) is 17.8. The van der Waals surface area contributed by atoms with Crippen LogP contribution in [-0.2, 0) is 21.4 Å². The third-order valence-electron chi connectivity index (χ3n) is 4.96. The lowest BCUT2D eigenvalue weighted by Crippen LogP contribution is -2.37. The quantitative estimate of drug-likeness (QED) is 0.427. The Morgan fingerprint density at radius 1 is 1.00 bits per heavy atom. The van der Waals surface area contributed by atoms with E-state index in [4.69, 9.17) is 0 Å². The monoisotopic (exact) mass is 465 g/mol. The predicted molar refractivity (Wildman–Crippen MR) is 128 cm³/mol. The van der Waals surface area contributed by atoms with Gasteiger partial charge >= 0.3 is 0 Å². The van der Waals surface area contributed by atoms with Gasteiger partial charge in [0.15, 0.2) is 0 Å². The molecular formula is C24H23N3O3S2. The maximum Gasteiger partial charge on any atom is 0.243 e. The number of hydrogen-bond donors (Lipinski definition) is 1. The molecule has 0 saturated carbocycles. The molecule has 4 aromatic rings. The van der Waals surface area contributed by atoms with E-state index in [0.29, 0.717) is 5.69 Å². The van der Waals surface area contributed by atoms with Gasteiger partial charge in [-0.15, -0.1) is 11.3 Å². The lowest BCUT2D eigenvalue weighted by molar-refractivity contribution is -0.116. The molecular weight excluding hydrogens is 442 g/mol. The summed E-state index contributed by atoms with van der Waals surface area (Å²) in [5.41, 5.74) is 3.26. The van der Waals surface area contributed by atoms with Crippen molar-refractivity contribution in [3.05, 3.63) is 88.9 Å². The van der Waals surface area contributed by atoms with E-state index in [1.54, 1.807) is 30.3 Å². The van der Waals surface area contributed by atoms with Crippen LogP contribution in [0.1, 0.15) is 16.1 Å². The Kier molecular flexibility index (Phi) is 6.36. The maximum atomic E-state index is 13.5. The van der Waals surface area contributed by atoms with Crippen LogP contribution in [0, 0.1) is 13.8 Å². The first-order chi connectivity index (χ1) is 15.3. The van der Waals surface area contributed by atoms with Gasteiger partial charge in [0.2, 0.25) is 15.9 Å². The van der Waals surface area contributed by atoms with Crippen LogP contribution in [0.25, 0.3) is 10.2 Å². The Labute approximate surface area is 191 Å². The van der Waals surface area contributed by atoms with E-state index >= 15 is 0 Å². The first kappa shape index (κ1) is 22.1. The van der Waals surface area contributed by atoms with Gasteiger partial charge in [0.1, 0.15) is 0 Å². The Hall–Kier alpha value is -3.07. The van der Waals surface area contributed by atoms with Crippen molar-refractivity contribution in [2.75, 3.05) is 11.9 Å². The number of aryl methyl sites for hydroxylation is 2. The molecule has 4 rings (SSSR count). The molecule has 32 heavy (non-hydrogen) atoms. The zero-order chi connectivity index (χ0) is 22.7. The topological polar surface area (TPSA) is 79.4 Å². The smallest absolute Gasteiger partial charge is 0.243 e. The second-order valence-corrected chi connectivity index (χ2v) is 10.7. The minimum Gasteiger partial charge on any atom is -0.325 e. The van der Waals surface area contributed by atoms with E-state index in [9.17, 15) is 13.2 Å². The molecule has 0 spiro atoms. The minimum atomic E-state index is -3.92. The number of nitrogens with zero attached hydrogens (tertiary/aromatic N) is 2. The number of sulfonamides is 1. The molecule has 1 heterocycles. The van der Waals surface area contributed by atoms with Crippen molar-refractivity contribution >= 4 is 43.2 Å². The number of amides is 1. The Morgan fingerprint density at radius 2 is 1.72 bits per heavy atom. The Morgan fingerprint density at radius 3 is 2.44 bits per heavy atom. The number of nitrogens with one attached hydrogen (secondary N) is 1. The first-order valence-electron chi connectivity index (χ1n) is 10.1. The van der Waals surface area contributed by atoms with Crippen molar-refractivity contribution < 1.29 is 13.2 Å². The summed E-state index contributed by atoms with van der Waals surface area (Å²) in [5.74, 6) is -0.400. The predicted octanol–water partition coefficient (Wildman–Crippen LogP) is 4.74. The highest BCUT2D eigenvalue weighted by Gasteiger charge is 2.27. The van der Waals surface area contributed by atoms with E-state index in [1.807, 2.05) is 56.3 Å². The maximum absolute atomic E-state index is 13.5. The third-order valence-corrected chi connectivity index (χ3v) is 7.68. The van der Waals surface area contributed by atoms with Crippen LogP contribution in [-0.4, -0.2) is 30.2 Å². The molecule has 0 saturated heterocycles. The molecule has 0 atom stereocenters. The summed E-state index contributed by atoms with van der Waals surface area (Å²) < 4.78 is 29.1. The molecule has 0 aliphatic rings. The van der Waals surface area contributed by atoms with Crippen LogP contribution in [0.2, 0.25) is 0 Å². The van der Waals surface area contributed by atoms with Gasteiger partial charge in [-0.05, 0) is 49.7 Å². The van der Waals surface area contributed by atoms with Gasteiger partial charge in [-0.2, -0.15) is 4.31 Å². The lowest BCUT2D eigenvalue weighted by atomic mass is 10.2. The van der Waals surface area contributed by atoms with Crippen molar-refractivity contribution in [1.29, 1.82) is 0 Å². The first-order valence-corrected chi connectivity index (χ1v) is 12.3. The number of hydrogen-bond acceptors (Lipinski definition) is 5. The van der Waals surface area contributed by atoms with E-state index in [0.717, 1.165) is 26.4 Å². The van der Waals surface area contributed by atoms with E-state index in [-0.39, 0.29) is 18.0 Å². The van der Waals surface area contributed by atoms with Crippen LogP contribution in [0.3, 0.4) is 0 Å². The second-order valence-electron chi connectivity index (χ2n) is 7.54. The molecule has 0 aliphatic carbocycles. The number of benzene rings is 3. The van der Waals surface area contributed by atoms with Crippen LogP contribution < -0.4 is 5.32 Å². The van der Waals surface area contributed by atoms with Gasteiger partial charge in [-0.1, -0.05) is 48.0 Å². The van der Waals surface area contributed by atoms with Crippen molar-refractivity contribution in [3.63, 3.8) is 0 Å². The molecule has 1 aromatic heterocycles. The van der Waals surface area contributed by atoms with E-state index in [1.165, 1.54) is 15.6 Å². The number of anilines is 1. The van der Waals surface area contributed by atoms with Gasteiger partial charge in [-0.25, -0.2) is 13.4 Å². The number of fused-ring (bicyclic) bond motifs is 1. The van der Waals surface area contributed by atoms with Crippen molar-refractivity contribution in [2.45, 2.75) is 25.3 Å². The summed E-state index contributed by atoms with van der Waals surface area (Å²) in [6.45, 7) is 3.63. The SMILES string of the molecule is Cc1ccc(NC(=O)CN(Cc2ccccc2)S(=O)(=O)c2ccc3nc(C)sc3c2)cc1. The number of thiazole rings is 1. The number of carbonyl (C=O) groups excluding carboxylic acids is 1. The van der Waals surface area contributed by atoms with Gasteiger partial charge < -0.3 is 5.32 Å². The van der Waals surface area contributed by atoms with Crippen molar-refractivity contribution in [1.82, 2.24) is 9.29 Å². The fraction of sp³-hybridized carbons (Fsp3) is 0.167. The van der Waals surface area contributed by atoms with Crippen molar-refractivity contribution in [2.24, 2.45) is 0 Å². The van der Waals surface area contributed by atoms with Crippen LogP contribution >= 0.6 is 11.3 Å². The average Bonchev–Trinajstić information content (AvgIpc) is 3.15. The minimum absolute atomic E-state index is 0.0875. The Balaban J connectivity index is 1.63. The molecule has 0 aliphatic heterocycles. The van der Waals surface area contributed by atoms with Gasteiger partial charge in [0.25, 0.3) is 0 Å². The van der Waals surface area contributed by atoms with E-state index < -0.39 is 15.9 Å². The highest BCUT2D eigenvalue weighted by molar-refractivity contribution is 7.89. The second kappa shape index (κ2) is 9.20. The highest BCUT2D eigenvalue weighted by Crippen LogP contribution is 2.27. The molecule has 0 radical (unpaired) electrons.